The minimum absolute atomic E-state index is 0.147. The first-order valence-corrected chi connectivity index (χ1v) is 6.05. The Balaban J connectivity index is 2.08. The fourth-order valence-electron chi connectivity index (χ4n) is 1.71. The molecule has 19 heavy (non-hydrogen) atoms. The molecule has 1 aromatic carbocycles. The summed E-state index contributed by atoms with van der Waals surface area (Å²) in [5.74, 6) is -0.471. The molecule has 4 nitrogen and oxygen atoms in total. The van der Waals surface area contributed by atoms with E-state index in [0.29, 0.717) is 16.5 Å². The number of hydrogen-bond donors (Lipinski definition) is 0. The van der Waals surface area contributed by atoms with Crippen LogP contribution in [0, 0.1) is 13.8 Å². The van der Waals surface area contributed by atoms with Crippen molar-refractivity contribution in [2.75, 3.05) is 0 Å². The second kappa shape index (κ2) is 5.36. The summed E-state index contributed by atoms with van der Waals surface area (Å²) in [6.45, 7) is 3.93. The van der Waals surface area contributed by atoms with Gasteiger partial charge in [-0.05, 0) is 49.2 Å². The number of carbonyl (C=O) groups excluding carboxylic acids is 1. The van der Waals surface area contributed by atoms with Crippen LogP contribution in [-0.4, -0.2) is 5.97 Å². The minimum atomic E-state index is -1.34. The molecule has 2 aromatic rings. The van der Waals surface area contributed by atoms with E-state index in [0.717, 1.165) is 11.1 Å². The summed E-state index contributed by atoms with van der Waals surface area (Å²) in [6.07, 6.45) is 0. The van der Waals surface area contributed by atoms with Gasteiger partial charge < -0.3 is 19.1 Å². The fraction of sp³-hybridized carbons (Fsp3) is 0.214. The molecule has 100 valence electrons. The molecule has 0 aliphatic heterocycles. The van der Waals surface area contributed by atoms with Crippen molar-refractivity contribution in [3.05, 3.63) is 51.9 Å². The predicted molar refractivity (Wildman–Crippen MR) is 68.3 cm³/mol. The molecule has 0 saturated carbocycles. The van der Waals surface area contributed by atoms with Gasteiger partial charge in [-0.15, -0.1) is 0 Å². The van der Waals surface area contributed by atoms with Crippen molar-refractivity contribution in [2.45, 2.75) is 20.5 Å². The van der Waals surface area contributed by atoms with Gasteiger partial charge in [-0.25, -0.2) is 0 Å². The maximum Gasteiger partial charge on any atom is 0.149 e. The lowest BCUT2D eigenvalue weighted by Crippen LogP contribution is -2.21. The number of carboxylic acid groups (broad SMARTS) is 1. The van der Waals surface area contributed by atoms with E-state index in [9.17, 15) is 9.90 Å². The second-order valence-corrected chi connectivity index (χ2v) is 4.59. The molecule has 1 aromatic heterocycles. The van der Waals surface area contributed by atoms with Crippen molar-refractivity contribution in [1.29, 1.82) is 0 Å². The van der Waals surface area contributed by atoms with Crippen LogP contribution in [0.2, 0.25) is 5.02 Å². The molecule has 1 heterocycles. The first kappa shape index (κ1) is 13.5. The zero-order valence-electron chi connectivity index (χ0n) is 10.5. The maximum absolute atomic E-state index is 10.6. The number of carbonyl (C=O) groups is 1. The molecule has 0 atom stereocenters. The molecular formula is C14H12ClO4-. The SMILES string of the molecule is Cc1cc(OCc2ccc(C(=O)[O-])o2)cc(C)c1Cl. The van der Waals surface area contributed by atoms with Gasteiger partial charge in [-0.2, -0.15) is 0 Å². The molecule has 0 unspecified atom stereocenters. The normalized spacial score (nSPS) is 10.5. The lowest BCUT2D eigenvalue weighted by atomic mass is 10.1. The molecule has 5 heteroatoms. The van der Waals surface area contributed by atoms with Crippen molar-refractivity contribution >= 4 is 17.6 Å². The summed E-state index contributed by atoms with van der Waals surface area (Å²) < 4.78 is 10.6. The largest absolute Gasteiger partial charge is 0.542 e. The third-order valence-electron chi connectivity index (χ3n) is 2.65. The Bertz CT molecular complexity index is 593. The summed E-state index contributed by atoms with van der Waals surface area (Å²) >= 11 is 6.06. The minimum Gasteiger partial charge on any atom is -0.542 e. The van der Waals surface area contributed by atoms with Crippen LogP contribution in [-0.2, 0) is 6.61 Å². The van der Waals surface area contributed by atoms with E-state index in [2.05, 4.69) is 0 Å². The van der Waals surface area contributed by atoms with Gasteiger partial charge in [0.05, 0.1) is 0 Å². The van der Waals surface area contributed by atoms with E-state index in [4.69, 9.17) is 20.8 Å². The number of benzene rings is 1. The summed E-state index contributed by atoms with van der Waals surface area (Å²) in [6, 6.07) is 6.52. The highest BCUT2D eigenvalue weighted by Gasteiger charge is 2.06. The molecule has 0 radical (unpaired) electrons. The van der Waals surface area contributed by atoms with Crippen LogP contribution in [0.15, 0.2) is 28.7 Å². The molecular weight excluding hydrogens is 268 g/mol. The summed E-state index contributed by atoms with van der Waals surface area (Å²) in [5, 5.41) is 11.3. The lowest BCUT2D eigenvalue weighted by Gasteiger charge is -2.08. The van der Waals surface area contributed by atoms with Crippen LogP contribution in [0.3, 0.4) is 0 Å². The van der Waals surface area contributed by atoms with Gasteiger partial charge in [-0.3, -0.25) is 0 Å². The average molecular weight is 280 g/mol. The van der Waals surface area contributed by atoms with Gasteiger partial charge in [0, 0.05) is 5.02 Å². The number of aromatic carboxylic acids is 1. The molecule has 0 fully saturated rings. The van der Waals surface area contributed by atoms with Crippen LogP contribution >= 0.6 is 11.6 Å². The van der Waals surface area contributed by atoms with Crippen molar-refractivity contribution in [3.8, 4) is 5.75 Å². The lowest BCUT2D eigenvalue weighted by molar-refractivity contribution is -0.257. The Morgan fingerprint density at radius 1 is 1.32 bits per heavy atom. The third kappa shape index (κ3) is 3.09. The van der Waals surface area contributed by atoms with Crippen LogP contribution in [0.25, 0.3) is 0 Å². The quantitative estimate of drug-likeness (QED) is 0.862. The van der Waals surface area contributed by atoms with Gasteiger partial charge in [0.2, 0.25) is 0 Å². The standard InChI is InChI=1S/C14H13ClO4/c1-8-5-11(6-9(2)13(8)15)18-7-10-3-4-12(19-10)14(16)17/h3-6H,7H2,1-2H3,(H,16,17)/p-1. The number of furan rings is 1. The van der Waals surface area contributed by atoms with Gasteiger partial charge in [-0.1, -0.05) is 11.6 Å². The molecule has 0 N–H and O–H groups in total. The highest BCUT2D eigenvalue weighted by molar-refractivity contribution is 6.32. The number of hydrogen-bond acceptors (Lipinski definition) is 4. The van der Waals surface area contributed by atoms with Gasteiger partial charge >= 0.3 is 0 Å². The van der Waals surface area contributed by atoms with Crippen molar-refractivity contribution in [2.24, 2.45) is 0 Å². The topological polar surface area (TPSA) is 62.5 Å². The van der Waals surface area contributed by atoms with Crippen molar-refractivity contribution in [1.82, 2.24) is 0 Å². The molecule has 0 aliphatic rings. The number of ether oxygens (including phenoxy) is 1. The average Bonchev–Trinajstić information content (AvgIpc) is 2.82. The van der Waals surface area contributed by atoms with Gasteiger partial charge in [0.25, 0.3) is 0 Å². The Morgan fingerprint density at radius 3 is 2.47 bits per heavy atom. The zero-order chi connectivity index (χ0) is 14.0. The maximum atomic E-state index is 10.6. The molecule has 0 spiro atoms. The van der Waals surface area contributed by atoms with E-state index >= 15 is 0 Å². The molecule has 0 aliphatic carbocycles. The highest BCUT2D eigenvalue weighted by atomic mass is 35.5. The Morgan fingerprint density at radius 2 is 1.95 bits per heavy atom. The molecule has 0 bridgehead atoms. The smallest absolute Gasteiger partial charge is 0.149 e. The summed E-state index contributed by atoms with van der Waals surface area (Å²) in [5.41, 5.74) is 1.85. The van der Waals surface area contributed by atoms with E-state index in [1.54, 1.807) is 6.07 Å². The highest BCUT2D eigenvalue weighted by Crippen LogP contribution is 2.26. The van der Waals surface area contributed by atoms with Crippen LogP contribution in [0.1, 0.15) is 27.4 Å². The molecule has 0 saturated heterocycles. The van der Waals surface area contributed by atoms with E-state index in [1.807, 2.05) is 26.0 Å². The van der Waals surface area contributed by atoms with Gasteiger partial charge in [0.15, 0.2) is 0 Å². The van der Waals surface area contributed by atoms with Crippen molar-refractivity contribution < 1.29 is 19.1 Å². The zero-order valence-corrected chi connectivity index (χ0v) is 11.3. The predicted octanol–water partition coefficient (Wildman–Crippen LogP) is 2.49. The third-order valence-corrected chi connectivity index (χ3v) is 3.25. The number of carboxylic acids is 1. The van der Waals surface area contributed by atoms with Crippen LogP contribution in [0.5, 0.6) is 5.75 Å². The van der Waals surface area contributed by atoms with Crippen LogP contribution < -0.4 is 9.84 Å². The van der Waals surface area contributed by atoms with Gasteiger partial charge in [0.1, 0.15) is 29.8 Å². The Kier molecular flexibility index (Phi) is 3.81. The van der Waals surface area contributed by atoms with Crippen LogP contribution in [0.4, 0.5) is 0 Å². The number of rotatable bonds is 4. The van der Waals surface area contributed by atoms with E-state index in [1.165, 1.54) is 6.07 Å². The molecule has 2 rings (SSSR count). The first-order chi connectivity index (χ1) is 8.97. The Hall–Kier alpha value is -1.94. The monoisotopic (exact) mass is 279 g/mol. The summed E-state index contributed by atoms with van der Waals surface area (Å²) in [7, 11) is 0. The molecule has 0 amide bonds. The fourth-order valence-corrected chi connectivity index (χ4v) is 1.82. The number of aryl methyl sites for hydroxylation is 2. The first-order valence-electron chi connectivity index (χ1n) is 5.67. The van der Waals surface area contributed by atoms with Crippen molar-refractivity contribution in [3.63, 3.8) is 0 Å². The second-order valence-electron chi connectivity index (χ2n) is 4.21. The summed E-state index contributed by atoms with van der Waals surface area (Å²) in [4.78, 5) is 10.6. The Labute approximate surface area is 115 Å². The van der Waals surface area contributed by atoms with E-state index in [-0.39, 0.29) is 12.4 Å². The van der Waals surface area contributed by atoms with E-state index < -0.39 is 5.97 Å². The number of halogens is 1.